The van der Waals surface area contributed by atoms with Crippen molar-refractivity contribution in [3.63, 3.8) is 0 Å². The molecule has 0 aliphatic heterocycles. The van der Waals surface area contributed by atoms with Gasteiger partial charge in [-0.05, 0) is 19.1 Å². The Labute approximate surface area is 115 Å². The van der Waals surface area contributed by atoms with E-state index in [1.54, 1.807) is 0 Å². The van der Waals surface area contributed by atoms with E-state index < -0.39 is 25.3 Å². The Balaban J connectivity index is 2.76. The highest BCUT2D eigenvalue weighted by Gasteiger charge is 2.25. The number of nitrogens with one attached hydrogen (secondary N) is 1. The van der Waals surface area contributed by atoms with Gasteiger partial charge in [0.2, 0.25) is 0 Å². The van der Waals surface area contributed by atoms with E-state index in [1.807, 2.05) is 0 Å². The second-order valence-electron chi connectivity index (χ2n) is 3.89. The number of benzene rings is 1. The zero-order valence-corrected chi connectivity index (χ0v) is 12.3. The van der Waals surface area contributed by atoms with Crippen LogP contribution in [0.1, 0.15) is 6.92 Å². The summed E-state index contributed by atoms with van der Waals surface area (Å²) in [6.07, 6.45) is 0. The molecule has 0 amide bonds. The minimum absolute atomic E-state index is 0.0531. The molecule has 0 aromatic heterocycles. The molecular weight excluding hydrogens is 296 g/mol. The number of hydrogen-bond donors (Lipinski definition) is 1. The first-order valence-electron chi connectivity index (χ1n) is 5.33. The van der Waals surface area contributed by atoms with Crippen LogP contribution < -0.4 is 9.61 Å². The van der Waals surface area contributed by atoms with Crippen molar-refractivity contribution >= 4 is 25.1 Å². The maximum absolute atomic E-state index is 13.2. The first-order valence-corrected chi connectivity index (χ1v) is 7.78. The average Bonchev–Trinajstić information content (AvgIpc) is 2.31. The molecule has 0 fully saturated rings. The lowest BCUT2D eigenvalue weighted by Crippen LogP contribution is -2.33. The van der Waals surface area contributed by atoms with Crippen molar-refractivity contribution in [3.05, 3.63) is 29.0 Å². The van der Waals surface area contributed by atoms with Gasteiger partial charge in [-0.25, -0.2) is 9.48 Å². The second kappa shape index (κ2) is 6.37. The Morgan fingerprint density at radius 3 is 2.68 bits per heavy atom. The van der Waals surface area contributed by atoms with Gasteiger partial charge < -0.3 is 9.26 Å². The number of methoxy groups -OCH3 is 1. The van der Waals surface area contributed by atoms with Gasteiger partial charge in [0.05, 0.1) is 12.1 Å². The molecule has 0 radical (unpaired) electrons. The highest BCUT2D eigenvalue weighted by Crippen LogP contribution is 2.40. The third kappa shape index (κ3) is 4.82. The second-order valence-corrected chi connectivity index (χ2v) is 6.43. The molecule has 1 rings (SSSR count). The third-order valence-corrected chi connectivity index (χ3v) is 3.88. The van der Waals surface area contributed by atoms with Crippen LogP contribution in [0.15, 0.2) is 18.2 Å². The summed E-state index contributed by atoms with van der Waals surface area (Å²) >= 11 is 5.52. The standard InChI is InChI=1S/C11H14ClFNO4P/c1-7(11(15)17-2)14-19(3,16)18-8-4-5-9(12)10(13)6-8/h4-7H,1-3H3,(H,14,16)/t7-,19?/m0/s1. The summed E-state index contributed by atoms with van der Waals surface area (Å²) < 4.78 is 34.9. The average molecular weight is 310 g/mol. The zero-order chi connectivity index (χ0) is 14.6. The largest absolute Gasteiger partial charge is 0.468 e. The molecule has 0 aliphatic rings. The predicted molar refractivity (Wildman–Crippen MR) is 70.2 cm³/mol. The predicted octanol–water partition coefficient (Wildman–Crippen LogP) is 2.83. The van der Waals surface area contributed by atoms with Gasteiger partial charge in [-0.2, -0.15) is 0 Å². The number of hydrogen-bond acceptors (Lipinski definition) is 4. The quantitative estimate of drug-likeness (QED) is 0.669. The molecule has 0 bridgehead atoms. The Morgan fingerprint density at radius 2 is 2.16 bits per heavy atom. The van der Waals surface area contributed by atoms with Crippen molar-refractivity contribution in [2.45, 2.75) is 13.0 Å². The number of halogens is 2. The van der Waals surface area contributed by atoms with Crippen molar-refractivity contribution in [1.82, 2.24) is 5.09 Å². The van der Waals surface area contributed by atoms with Crippen molar-refractivity contribution in [2.75, 3.05) is 13.8 Å². The molecule has 0 aliphatic carbocycles. The minimum Gasteiger partial charge on any atom is -0.468 e. The van der Waals surface area contributed by atoms with Crippen LogP contribution >= 0.6 is 19.1 Å². The molecule has 8 heteroatoms. The first kappa shape index (κ1) is 16.0. The number of rotatable bonds is 5. The molecular formula is C11H14ClFNO4P. The Hall–Kier alpha value is -1.10. The number of ether oxygens (including phenoxy) is 1. The van der Waals surface area contributed by atoms with Crippen LogP contribution in [0.4, 0.5) is 4.39 Å². The van der Waals surface area contributed by atoms with E-state index in [9.17, 15) is 13.8 Å². The van der Waals surface area contributed by atoms with Gasteiger partial charge >= 0.3 is 13.5 Å². The van der Waals surface area contributed by atoms with Crippen LogP contribution in [0.25, 0.3) is 0 Å². The summed E-state index contributed by atoms with van der Waals surface area (Å²) in [6.45, 7) is 2.76. The lowest BCUT2D eigenvalue weighted by atomic mass is 10.3. The Bertz CT molecular complexity index is 525. The van der Waals surface area contributed by atoms with Gasteiger partial charge in [0.15, 0.2) is 0 Å². The normalized spacial score (nSPS) is 15.4. The summed E-state index contributed by atoms with van der Waals surface area (Å²) in [6, 6.07) is 2.88. The molecule has 1 aromatic rings. The summed E-state index contributed by atoms with van der Waals surface area (Å²) in [4.78, 5) is 11.2. The number of carbonyl (C=O) groups excluding carboxylic acids is 1. The van der Waals surface area contributed by atoms with Gasteiger partial charge in [0, 0.05) is 12.7 Å². The van der Waals surface area contributed by atoms with Crippen molar-refractivity contribution in [1.29, 1.82) is 0 Å². The van der Waals surface area contributed by atoms with Crippen LogP contribution in [0.2, 0.25) is 5.02 Å². The lowest BCUT2D eigenvalue weighted by molar-refractivity contribution is -0.142. The fourth-order valence-corrected chi connectivity index (χ4v) is 2.84. The van der Waals surface area contributed by atoms with E-state index in [2.05, 4.69) is 9.82 Å². The highest BCUT2D eigenvalue weighted by atomic mass is 35.5. The SMILES string of the molecule is COC(=O)[C@H](C)NP(C)(=O)Oc1ccc(Cl)c(F)c1. The van der Waals surface area contributed by atoms with Crippen LogP contribution in [0.5, 0.6) is 5.75 Å². The smallest absolute Gasteiger partial charge is 0.323 e. The number of esters is 1. The van der Waals surface area contributed by atoms with Crippen LogP contribution in [0.3, 0.4) is 0 Å². The van der Waals surface area contributed by atoms with E-state index >= 15 is 0 Å². The highest BCUT2D eigenvalue weighted by molar-refractivity contribution is 7.56. The Morgan fingerprint density at radius 1 is 1.53 bits per heavy atom. The fourth-order valence-electron chi connectivity index (χ4n) is 1.34. The van der Waals surface area contributed by atoms with E-state index in [0.29, 0.717) is 0 Å². The van der Waals surface area contributed by atoms with Gasteiger partial charge in [-0.1, -0.05) is 11.6 Å². The van der Waals surface area contributed by atoms with Crippen LogP contribution in [-0.2, 0) is 14.1 Å². The molecule has 106 valence electrons. The molecule has 1 N–H and O–H groups in total. The van der Waals surface area contributed by atoms with E-state index in [0.717, 1.165) is 6.07 Å². The maximum atomic E-state index is 13.2. The molecule has 5 nitrogen and oxygen atoms in total. The lowest BCUT2D eigenvalue weighted by Gasteiger charge is -2.19. The molecule has 0 saturated carbocycles. The van der Waals surface area contributed by atoms with Crippen molar-refractivity contribution in [3.8, 4) is 5.75 Å². The van der Waals surface area contributed by atoms with Gasteiger partial charge in [-0.15, -0.1) is 0 Å². The van der Waals surface area contributed by atoms with Crippen LogP contribution in [-0.4, -0.2) is 25.8 Å². The Kier molecular flexibility index (Phi) is 5.35. The van der Waals surface area contributed by atoms with Crippen LogP contribution in [0, 0.1) is 5.82 Å². The summed E-state index contributed by atoms with van der Waals surface area (Å²) in [5.41, 5.74) is 0. The van der Waals surface area contributed by atoms with E-state index in [4.69, 9.17) is 16.1 Å². The topological polar surface area (TPSA) is 64.6 Å². The molecule has 0 spiro atoms. The molecule has 0 heterocycles. The fraction of sp³-hybridized carbons (Fsp3) is 0.364. The van der Waals surface area contributed by atoms with Crippen molar-refractivity contribution in [2.24, 2.45) is 0 Å². The minimum atomic E-state index is -3.33. The number of carbonyl (C=O) groups is 1. The summed E-state index contributed by atoms with van der Waals surface area (Å²) in [7, 11) is -2.11. The summed E-state index contributed by atoms with van der Waals surface area (Å²) in [5.74, 6) is -1.20. The monoisotopic (exact) mass is 309 g/mol. The van der Waals surface area contributed by atoms with E-state index in [1.165, 1.54) is 32.8 Å². The molecule has 19 heavy (non-hydrogen) atoms. The van der Waals surface area contributed by atoms with Gasteiger partial charge in [0.25, 0.3) is 0 Å². The first-order chi connectivity index (χ1) is 8.75. The maximum Gasteiger partial charge on any atom is 0.323 e. The zero-order valence-electron chi connectivity index (χ0n) is 10.6. The molecule has 1 aromatic carbocycles. The van der Waals surface area contributed by atoms with E-state index in [-0.39, 0.29) is 10.8 Å². The van der Waals surface area contributed by atoms with Gasteiger partial charge in [0.1, 0.15) is 17.6 Å². The van der Waals surface area contributed by atoms with Gasteiger partial charge in [-0.3, -0.25) is 9.36 Å². The summed E-state index contributed by atoms with van der Waals surface area (Å²) in [5, 5.41) is 2.43. The van der Waals surface area contributed by atoms with Crippen molar-refractivity contribution < 1.29 is 23.0 Å². The molecule has 2 atom stereocenters. The molecule has 1 unspecified atom stereocenters. The molecule has 0 saturated heterocycles. The third-order valence-electron chi connectivity index (χ3n) is 2.15.